The summed E-state index contributed by atoms with van der Waals surface area (Å²) in [6.07, 6.45) is 8.45. The van der Waals surface area contributed by atoms with Crippen LogP contribution in [0, 0.1) is 5.92 Å². The molecule has 2 fully saturated rings. The highest BCUT2D eigenvalue weighted by atomic mass is 16.5. The van der Waals surface area contributed by atoms with Gasteiger partial charge in [-0.25, -0.2) is 0 Å². The smallest absolute Gasteiger partial charge is 0.295 e. The van der Waals surface area contributed by atoms with Crippen LogP contribution in [0.15, 0.2) is 4.52 Å². The molecule has 0 spiro atoms. The molecule has 1 aliphatic heterocycles. The van der Waals surface area contributed by atoms with Crippen molar-refractivity contribution in [1.29, 1.82) is 0 Å². The van der Waals surface area contributed by atoms with Crippen LogP contribution >= 0.6 is 0 Å². The first-order valence-corrected chi connectivity index (χ1v) is 8.06. The zero-order valence-electron chi connectivity index (χ0n) is 12.7. The fourth-order valence-corrected chi connectivity index (χ4v) is 3.37. The van der Waals surface area contributed by atoms with Crippen LogP contribution in [0.2, 0.25) is 0 Å². The molecule has 116 valence electrons. The molecule has 0 bridgehead atoms. The third-order valence-corrected chi connectivity index (χ3v) is 4.59. The summed E-state index contributed by atoms with van der Waals surface area (Å²) in [7, 11) is 1.83. The first-order valence-electron chi connectivity index (χ1n) is 8.06. The molecule has 0 radical (unpaired) electrons. The van der Waals surface area contributed by atoms with Crippen LogP contribution in [-0.4, -0.2) is 41.1 Å². The van der Waals surface area contributed by atoms with Crippen LogP contribution in [-0.2, 0) is 0 Å². The van der Waals surface area contributed by atoms with E-state index in [1.165, 1.54) is 32.1 Å². The average molecular weight is 292 g/mol. The van der Waals surface area contributed by atoms with Crippen molar-refractivity contribution < 1.29 is 9.32 Å². The van der Waals surface area contributed by atoms with Gasteiger partial charge in [0.2, 0.25) is 5.89 Å². The van der Waals surface area contributed by atoms with Crippen LogP contribution in [0.25, 0.3) is 0 Å². The number of nitrogens with zero attached hydrogens (tertiary/aromatic N) is 3. The zero-order chi connectivity index (χ0) is 14.7. The SMILES string of the molecule is CN(CC1CCCCC1)C(=O)c1noc(C2CCCN2)n1. The van der Waals surface area contributed by atoms with Gasteiger partial charge in [-0.3, -0.25) is 4.79 Å². The molecule has 1 unspecified atom stereocenters. The summed E-state index contributed by atoms with van der Waals surface area (Å²) in [4.78, 5) is 18.4. The number of amides is 1. The number of rotatable bonds is 4. The van der Waals surface area contributed by atoms with E-state index in [4.69, 9.17) is 4.52 Å². The molecule has 0 aromatic carbocycles. The van der Waals surface area contributed by atoms with Gasteiger partial charge in [-0.2, -0.15) is 4.98 Å². The Morgan fingerprint density at radius 3 is 2.81 bits per heavy atom. The summed E-state index contributed by atoms with van der Waals surface area (Å²) >= 11 is 0. The molecule has 2 aliphatic rings. The Morgan fingerprint density at radius 1 is 1.29 bits per heavy atom. The Bertz CT molecular complexity index is 476. The second-order valence-corrected chi connectivity index (χ2v) is 6.29. The lowest BCUT2D eigenvalue weighted by Crippen LogP contribution is -2.33. The molecule has 1 aromatic heterocycles. The first-order chi connectivity index (χ1) is 10.2. The summed E-state index contributed by atoms with van der Waals surface area (Å²) in [5, 5.41) is 7.16. The predicted molar refractivity (Wildman–Crippen MR) is 77.8 cm³/mol. The minimum Gasteiger partial charge on any atom is -0.339 e. The molecule has 1 N–H and O–H groups in total. The van der Waals surface area contributed by atoms with Gasteiger partial charge in [0.25, 0.3) is 11.7 Å². The first kappa shape index (κ1) is 14.5. The second kappa shape index (κ2) is 6.56. The standard InChI is InChI=1S/C15H24N4O2/c1-19(10-11-6-3-2-4-7-11)15(20)13-17-14(21-18-13)12-8-5-9-16-12/h11-12,16H,2-10H2,1H3. The highest BCUT2D eigenvalue weighted by Crippen LogP contribution is 2.25. The minimum absolute atomic E-state index is 0.114. The van der Waals surface area contributed by atoms with Crippen molar-refractivity contribution in [2.24, 2.45) is 5.92 Å². The Hall–Kier alpha value is -1.43. The predicted octanol–water partition coefficient (Wildman–Crippen LogP) is 2.15. The van der Waals surface area contributed by atoms with Crippen LogP contribution in [0.4, 0.5) is 0 Å². The van der Waals surface area contributed by atoms with Gasteiger partial charge in [-0.15, -0.1) is 0 Å². The van der Waals surface area contributed by atoms with Crippen molar-refractivity contribution in [1.82, 2.24) is 20.4 Å². The van der Waals surface area contributed by atoms with Gasteiger partial charge in [0.05, 0.1) is 6.04 Å². The topological polar surface area (TPSA) is 71.3 Å². The Labute approximate surface area is 125 Å². The normalized spacial score (nSPS) is 23.4. The highest BCUT2D eigenvalue weighted by Gasteiger charge is 2.26. The average Bonchev–Trinajstić information content (AvgIpc) is 3.18. The van der Waals surface area contributed by atoms with Crippen LogP contribution in [0.5, 0.6) is 0 Å². The van der Waals surface area contributed by atoms with Gasteiger partial charge in [-0.05, 0) is 38.1 Å². The van der Waals surface area contributed by atoms with E-state index in [2.05, 4.69) is 15.5 Å². The van der Waals surface area contributed by atoms with Crippen molar-refractivity contribution >= 4 is 5.91 Å². The van der Waals surface area contributed by atoms with E-state index in [-0.39, 0.29) is 17.8 Å². The Kier molecular flexibility index (Phi) is 4.53. The minimum atomic E-state index is -0.131. The van der Waals surface area contributed by atoms with Crippen LogP contribution in [0.3, 0.4) is 0 Å². The highest BCUT2D eigenvalue weighted by molar-refractivity contribution is 5.90. The van der Waals surface area contributed by atoms with E-state index >= 15 is 0 Å². The molecule has 3 rings (SSSR count). The van der Waals surface area contributed by atoms with Gasteiger partial charge in [0.15, 0.2) is 0 Å². The lowest BCUT2D eigenvalue weighted by Gasteiger charge is -2.26. The second-order valence-electron chi connectivity index (χ2n) is 6.29. The molecule has 21 heavy (non-hydrogen) atoms. The summed E-state index contributed by atoms with van der Waals surface area (Å²) in [5.74, 6) is 1.23. The Balaban J connectivity index is 1.58. The zero-order valence-corrected chi connectivity index (χ0v) is 12.7. The van der Waals surface area contributed by atoms with Gasteiger partial charge < -0.3 is 14.7 Å². The number of carbonyl (C=O) groups excluding carboxylic acids is 1. The third-order valence-electron chi connectivity index (χ3n) is 4.59. The van der Waals surface area contributed by atoms with Gasteiger partial charge >= 0.3 is 0 Å². The lowest BCUT2D eigenvalue weighted by atomic mass is 9.89. The van der Waals surface area contributed by atoms with Crippen molar-refractivity contribution in [3.63, 3.8) is 0 Å². The number of aromatic nitrogens is 2. The van der Waals surface area contributed by atoms with E-state index in [1.807, 2.05) is 7.05 Å². The molecule has 6 nitrogen and oxygen atoms in total. The molecule has 1 amide bonds. The molecule has 1 atom stereocenters. The summed E-state index contributed by atoms with van der Waals surface area (Å²) in [5.41, 5.74) is 0. The van der Waals surface area contributed by atoms with Crippen molar-refractivity contribution in [3.8, 4) is 0 Å². The third kappa shape index (κ3) is 3.43. The molecule has 1 saturated carbocycles. The van der Waals surface area contributed by atoms with Gasteiger partial charge in [-0.1, -0.05) is 24.4 Å². The fraction of sp³-hybridized carbons (Fsp3) is 0.800. The van der Waals surface area contributed by atoms with E-state index in [9.17, 15) is 4.79 Å². The maximum Gasteiger partial charge on any atom is 0.295 e. The molecule has 2 heterocycles. The van der Waals surface area contributed by atoms with Crippen molar-refractivity contribution in [2.45, 2.75) is 51.0 Å². The van der Waals surface area contributed by atoms with E-state index in [1.54, 1.807) is 4.90 Å². The summed E-state index contributed by atoms with van der Waals surface area (Å²) in [6.45, 7) is 1.77. The van der Waals surface area contributed by atoms with Crippen LogP contribution < -0.4 is 5.32 Å². The lowest BCUT2D eigenvalue weighted by molar-refractivity contribution is 0.0745. The maximum absolute atomic E-state index is 12.4. The summed E-state index contributed by atoms with van der Waals surface area (Å²) < 4.78 is 5.24. The van der Waals surface area contributed by atoms with E-state index in [0.29, 0.717) is 11.8 Å². The molecule has 1 aromatic rings. The maximum atomic E-state index is 12.4. The number of nitrogens with one attached hydrogen (secondary N) is 1. The molecule has 6 heteroatoms. The fourth-order valence-electron chi connectivity index (χ4n) is 3.37. The van der Waals surface area contributed by atoms with Crippen molar-refractivity contribution in [2.75, 3.05) is 20.1 Å². The Morgan fingerprint density at radius 2 is 2.10 bits per heavy atom. The van der Waals surface area contributed by atoms with Crippen molar-refractivity contribution in [3.05, 3.63) is 11.7 Å². The monoisotopic (exact) mass is 292 g/mol. The van der Waals surface area contributed by atoms with E-state index in [0.717, 1.165) is 25.9 Å². The van der Waals surface area contributed by atoms with Gasteiger partial charge in [0, 0.05) is 13.6 Å². The van der Waals surface area contributed by atoms with E-state index < -0.39 is 0 Å². The van der Waals surface area contributed by atoms with Crippen LogP contribution in [0.1, 0.15) is 67.5 Å². The molecule has 1 saturated heterocycles. The molecule has 1 aliphatic carbocycles. The number of hydrogen-bond donors (Lipinski definition) is 1. The molecular weight excluding hydrogens is 268 g/mol. The number of hydrogen-bond acceptors (Lipinski definition) is 5. The quantitative estimate of drug-likeness (QED) is 0.920. The largest absolute Gasteiger partial charge is 0.339 e. The summed E-state index contributed by atoms with van der Waals surface area (Å²) in [6, 6.07) is 0.114. The molecular formula is C15H24N4O2. The van der Waals surface area contributed by atoms with Gasteiger partial charge in [0.1, 0.15) is 0 Å². The number of carbonyl (C=O) groups is 1.